The first-order valence-electron chi connectivity index (χ1n) is 10.4. The number of carbonyl (C=O) groups excluding carboxylic acids is 1. The van der Waals surface area contributed by atoms with Gasteiger partial charge in [-0.1, -0.05) is 17.7 Å². The predicted octanol–water partition coefficient (Wildman–Crippen LogP) is 2.32. The number of hydrogen-bond acceptors (Lipinski definition) is 4. The van der Waals surface area contributed by atoms with Crippen LogP contribution in [0, 0.1) is 0 Å². The van der Waals surface area contributed by atoms with E-state index >= 15 is 0 Å². The van der Waals surface area contributed by atoms with E-state index < -0.39 is 0 Å². The molecule has 0 aromatic heterocycles. The maximum Gasteiger partial charge on any atom is 0.236 e. The Morgan fingerprint density at radius 3 is 2.43 bits per heavy atom. The van der Waals surface area contributed by atoms with Gasteiger partial charge in [-0.25, -0.2) is 0 Å². The second-order valence-electron chi connectivity index (χ2n) is 7.53. The molecule has 0 spiro atoms. The highest BCUT2D eigenvalue weighted by molar-refractivity contribution is 14.0. The number of ether oxygens (including phenoxy) is 1. The number of hydrogen-bond donors (Lipinski definition) is 1. The van der Waals surface area contributed by atoms with Crippen LogP contribution in [0.25, 0.3) is 0 Å². The van der Waals surface area contributed by atoms with E-state index in [1.54, 1.807) is 7.11 Å². The second-order valence-corrected chi connectivity index (χ2v) is 7.94. The molecule has 0 atom stereocenters. The normalized spacial score (nSPS) is 17.6. The van der Waals surface area contributed by atoms with E-state index in [-0.39, 0.29) is 29.9 Å². The molecule has 2 fully saturated rings. The van der Waals surface area contributed by atoms with Crippen LogP contribution < -0.4 is 10.1 Å². The Bertz CT molecular complexity index is 719. The Balaban J connectivity index is 0.00000320. The fourth-order valence-corrected chi connectivity index (χ4v) is 4.14. The Morgan fingerprint density at radius 1 is 1.13 bits per heavy atom. The Kier molecular flexibility index (Phi) is 10.5. The molecule has 1 aromatic carbocycles. The molecule has 9 heteroatoms. The fourth-order valence-electron chi connectivity index (χ4n) is 3.87. The molecule has 0 unspecified atom stereocenters. The molecule has 7 nitrogen and oxygen atoms in total. The number of methoxy groups -OCH3 is 1. The molecular weight excluding hydrogens is 517 g/mol. The van der Waals surface area contributed by atoms with Crippen molar-refractivity contribution >= 4 is 47.4 Å². The van der Waals surface area contributed by atoms with Crippen molar-refractivity contribution in [2.24, 2.45) is 4.99 Å². The van der Waals surface area contributed by atoms with E-state index in [2.05, 4.69) is 20.1 Å². The van der Waals surface area contributed by atoms with Crippen molar-refractivity contribution in [2.45, 2.75) is 19.3 Å². The van der Waals surface area contributed by atoms with Gasteiger partial charge in [0.25, 0.3) is 0 Å². The number of piperazine rings is 1. The Labute approximate surface area is 201 Å². The molecule has 1 aromatic rings. The largest absolute Gasteiger partial charge is 0.497 e. The number of rotatable bonds is 6. The zero-order valence-electron chi connectivity index (χ0n) is 17.9. The zero-order chi connectivity index (χ0) is 20.6. The van der Waals surface area contributed by atoms with Crippen molar-refractivity contribution in [1.82, 2.24) is 20.0 Å². The third kappa shape index (κ3) is 6.88. The molecule has 2 saturated heterocycles. The minimum atomic E-state index is 0. The summed E-state index contributed by atoms with van der Waals surface area (Å²) in [6.07, 6.45) is 3.10. The molecule has 30 heavy (non-hydrogen) atoms. The van der Waals surface area contributed by atoms with Crippen LogP contribution in [0.1, 0.15) is 18.4 Å². The standard InChI is InChI=1S/C21H32ClN5O2.HI/c1-23-21(24-8-7-17-5-6-18(29-2)15-19(17)22)27-13-11-25(12-14-27)16-20(28)26-9-3-4-10-26;/h5-6,15H,3-4,7-14,16H2,1-2H3,(H,23,24);1H. The summed E-state index contributed by atoms with van der Waals surface area (Å²) in [7, 11) is 3.45. The molecule has 0 radical (unpaired) electrons. The molecule has 1 amide bonds. The van der Waals surface area contributed by atoms with E-state index in [9.17, 15) is 4.79 Å². The Hall–Kier alpha value is -1.26. The van der Waals surface area contributed by atoms with Gasteiger partial charge in [0, 0.05) is 57.9 Å². The van der Waals surface area contributed by atoms with Gasteiger partial charge in [0.2, 0.25) is 5.91 Å². The van der Waals surface area contributed by atoms with E-state index in [0.29, 0.717) is 6.54 Å². The van der Waals surface area contributed by atoms with Gasteiger partial charge in [0.15, 0.2) is 5.96 Å². The summed E-state index contributed by atoms with van der Waals surface area (Å²) in [4.78, 5) is 23.3. The molecular formula is C21H33ClIN5O2. The third-order valence-corrected chi connectivity index (χ3v) is 5.99. The van der Waals surface area contributed by atoms with Crippen molar-refractivity contribution in [1.29, 1.82) is 0 Å². The predicted molar refractivity (Wildman–Crippen MR) is 132 cm³/mol. The van der Waals surface area contributed by atoms with Crippen LogP contribution in [0.5, 0.6) is 5.75 Å². The monoisotopic (exact) mass is 549 g/mol. The van der Waals surface area contributed by atoms with Gasteiger partial charge in [0.05, 0.1) is 13.7 Å². The SMILES string of the molecule is CN=C(NCCc1ccc(OC)cc1Cl)N1CCN(CC(=O)N2CCCC2)CC1.I. The van der Waals surface area contributed by atoms with Gasteiger partial charge in [0.1, 0.15) is 5.75 Å². The van der Waals surface area contributed by atoms with Crippen LogP contribution in [0.3, 0.4) is 0 Å². The number of guanidine groups is 1. The highest BCUT2D eigenvalue weighted by Crippen LogP contribution is 2.22. The van der Waals surface area contributed by atoms with Crippen molar-refractivity contribution in [2.75, 3.05) is 66.5 Å². The van der Waals surface area contributed by atoms with Gasteiger partial charge in [-0.05, 0) is 37.0 Å². The number of nitrogens with zero attached hydrogens (tertiary/aromatic N) is 4. The third-order valence-electron chi connectivity index (χ3n) is 5.64. The van der Waals surface area contributed by atoms with Crippen molar-refractivity contribution < 1.29 is 9.53 Å². The second kappa shape index (κ2) is 12.6. The number of aliphatic imine (C=N–C) groups is 1. The zero-order valence-corrected chi connectivity index (χ0v) is 21.0. The summed E-state index contributed by atoms with van der Waals surface area (Å²) in [6.45, 7) is 6.64. The average molecular weight is 550 g/mol. The van der Waals surface area contributed by atoms with Crippen LogP contribution in [-0.4, -0.2) is 93.1 Å². The summed E-state index contributed by atoms with van der Waals surface area (Å²) in [6, 6.07) is 5.77. The lowest BCUT2D eigenvalue weighted by molar-refractivity contribution is -0.131. The summed E-state index contributed by atoms with van der Waals surface area (Å²) >= 11 is 6.33. The number of benzene rings is 1. The van der Waals surface area contributed by atoms with E-state index in [1.807, 2.05) is 30.1 Å². The molecule has 0 saturated carbocycles. The highest BCUT2D eigenvalue weighted by atomic mass is 127. The van der Waals surface area contributed by atoms with Gasteiger partial charge >= 0.3 is 0 Å². The summed E-state index contributed by atoms with van der Waals surface area (Å²) in [5.74, 6) is 1.94. The van der Waals surface area contributed by atoms with Crippen LogP contribution >= 0.6 is 35.6 Å². The Morgan fingerprint density at radius 2 is 1.83 bits per heavy atom. The summed E-state index contributed by atoms with van der Waals surface area (Å²) in [5, 5.41) is 4.16. The first kappa shape index (κ1) is 25.0. The van der Waals surface area contributed by atoms with Crippen LogP contribution in [0.4, 0.5) is 0 Å². The first-order valence-corrected chi connectivity index (χ1v) is 10.8. The minimum absolute atomic E-state index is 0. The van der Waals surface area contributed by atoms with E-state index in [1.165, 1.54) is 0 Å². The molecule has 1 N–H and O–H groups in total. The summed E-state index contributed by atoms with van der Waals surface area (Å²) < 4.78 is 5.20. The number of likely N-dealkylation sites (tertiary alicyclic amines) is 1. The quantitative estimate of drug-likeness (QED) is 0.335. The minimum Gasteiger partial charge on any atom is -0.497 e. The number of carbonyl (C=O) groups is 1. The summed E-state index contributed by atoms with van der Waals surface area (Å²) in [5.41, 5.74) is 1.08. The van der Waals surface area contributed by atoms with Gasteiger partial charge < -0.3 is 19.9 Å². The molecule has 0 bridgehead atoms. The molecule has 2 heterocycles. The molecule has 2 aliphatic rings. The van der Waals surface area contributed by atoms with Crippen LogP contribution in [0.2, 0.25) is 5.02 Å². The molecule has 3 rings (SSSR count). The molecule has 2 aliphatic heterocycles. The average Bonchev–Trinajstić information content (AvgIpc) is 3.28. The highest BCUT2D eigenvalue weighted by Gasteiger charge is 2.24. The van der Waals surface area contributed by atoms with Crippen LogP contribution in [0.15, 0.2) is 23.2 Å². The van der Waals surface area contributed by atoms with Crippen LogP contribution in [-0.2, 0) is 11.2 Å². The fraction of sp³-hybridized carbons (Fsp3) is 0.619. The molecule has 0 aliphatic carbocycles. The number of halogens is 2. The first-order chi connectivity index (χ1) is 14.1. The smallest absolute Gasteiger partial charge is 0.236 e. The molecule has 168 valence electrons. The van der Waals surface area contributed by atoms with Crippen molar-refractivity contribution in [3.63, 3.8) is 0 Å². The topological polar surface area (TPSA) is 60.4 Å². The van der Waals surface area contributed by atoms with Gasteiger partial charge in [-0.3, -0.25) is 14.7 Å². The van der Waals surface area contributed by atoms with E-state index in [4.69, 9.17) is 16.3 Å². The van der Waals surface area contributed by atoms with Crippen molar-refractivity contribution in [3.8, 4) is 5.75 Å². The van der Waals surface area contributed by atoms with E-state index in [0.717, 1.165) is 87.4 Å². The van der Waals surface area contributed by atoms with Gasteiger partial charge in [-0.15, -0.1) is 24.0 Å². The maximum atomic E-state index is 12.3. The van der Waals surface area contributed by atoms with Gasteiger partial charge in [-0.2, -0.15) is 0 Å². The lowest BCUT2D eigenvalue weighted by Gasteiger charge is -2.36. The lowest BCUT2D eigenvalue weighted by Crippen LogP contribution is -2.54. The van der Waals surface area contributed by atoms with Crippen molar-refractivity contribution in [3.05, 3.63) is 28.8 Å². The lowest BCUT2D eigenvalue weighted by atomic mass is 10.1. The number of amides is 1. The number of nitrogens with one attached hydrogen (secondary N) is 1. The maximum absolute atomic E-state index is 12.3.